The number of ether oxygens (including phenoxy) is 1. The lowest BCUT2D eigenvalue weighted by molar-refractivity contribution is 0.197. The summed E-state index contributed by atoms with van der Waals surface area (Å²) in [6.07, 6.45) is 1.68. The molecule has 3 aromatic rings. The van der Waals surface area contributed by atoms with Crippen LogP contribution in [0, 0.1) is 0 Å². The first kappa shape index (κ1) is 20.0. The fourth-order valence-corrected chi connectivity index (χ4v) is 3.98. The number of hydrogen-bond donors (Lipinski definition) is 1. The molecule has 1 aromatic carbocycles. The summed E-state index contributed by atoms with van der Waals surface area (Å²) in [5, 5.41) is 14.4. The highest BCUT2D eigenvalue weighted by molar-refractivity contribution is 8.00. The maximum atomic E-state index is 8.98. The van der Waals surface area contributed by atoms with E-state index in [4.69, 9.17) is 31.5 Å². The Labute approximate surface area is 178 Å². The summed E-state index contributed by atoms with van der Waals surface area (Å²) >= 11 is 8.44. The Bertz CT molecular complexity index is 1010. The van der Waals surface area contributed by atoms with Crippen molar-refractivity contribution in [3.8, 4) is 28.7 Å². The number of aromatic nitrogens is 4. The van der Waals surface area contributed by atoms with Crippen molar-refractivity contribution in [2.75, 3.05) is 43.7 Å². The molecular weight excluding hydrogens is 410 g/mol. The van der Waals surface area contributed by atoms with E-state index in [0.717, 1.165) is 34.1 Å². The lowest BCUT2D eigenvalue weighted by Gasteiger charge is -2.26. The SMILES string of the molecule is CN(C)c1ccc(-c2nc(-c3ccnc(OCCO)c3)n(C3CSC3)n2)c(Cl)c1. The molecule has 1 aliphatic heterocycles. The molecule has 0 amide bonds. The number of thioether (sulfide) groups is 1. The monoisotopic (exact) mass is 431 g/mol. The zero-order chi connectivity index (χ0) is 20.4. The fraction of sp³-hybridized carbons (Fsp3) is 0.350. The molecule has 1 N–H and O–H groups in total. The molecule has 9 heteroatoms. The molecule has 2 aromatic heterocycles. The van der Waals surface area contributed by atoms with Crippen molar-refractivity contribution in [2.45, 2.75) is 6.04 Å². The first-order chi connectivity index (χ1) is 14.1. The molecule has 4 rings (SSSR count). The number of benzene rings is 1. The number of nitrogens with zero attached hydrogens (tertiary/aromatic N) is 5. The van der Waals surface area contributed by atoms with Crippen molar-refractivity contribution in [3.05, 3.63) is 41.6 Å². The topological polar surface area (TPSA) is 76.3 Å². The standard InChI is InChI=1S/C20H22ClN5O2S/c1-25(2)14-3-4-16(17(21)10-14)19-23-20(26(24-19)15-11-29-12-15)13-5-6-22-18(9-13)28-8-7-27/h3-6,9-10,15,27H,7-8,11-12H2,1-2H3. The number of rotatable bonds is 7. The van der Waals surface area contributed by atoms with Gasteiger partial charge in [0, 0.05) is 54.7 Å². The Morgan fingerprint density at radius 2 is 2.10 bits per heavy atom. The number of halogens is 1. The Balaban J connectivity index is 1.74. The molecule has 0 aliphatic carbocycles. The zero-order valence-electron chi connectivity index (χ0n) is 16.2. The minimum absolute atomic E-state index is 0.0625. The number of aliphatic hydroxyl groups excluding tert-OH is 1. The van der Waals surface area contributed by atoms with Crippen molar-refractivity contribution in [1.82, 2.24) is 19.7 Å². The van der Waals surface area contributed by atoms with Gasteiger partial charge in [-0.2, -0.15) is 16.9 Å². The molecule has 1 fully saturated rings. The van der Waals surface area contributed by atoms with E-state index in [0.29, 0.717) is 22.8 Å². The Morgan fingerprint density at radius 1 is 1.28 bits per heavy atom. The van der Waals surface area contributed by atoms with Crippen LogP contribution in [0.25, 0.3) is 22.8 Å². The van der Waals surface area contributed by atoms with Crippen LogP contribution in [-0.4, -0.2) is 63.7 Å². The lowest BCUT2D eigenvalue weighted by atomic mass is 10.2. The van der Waals surface area contributed by atoms with Crippen molar-refractivity contribution in [2.24, 2.45) is 0 Å². The molecule has 29 heavy (non-hydrogen) atoms. The average Bonchev–Trinajstić information content (AvgIpc) is 3.09. The number of aliphatic hydroxyl groups is 1. The van der Waals surface area contributed by atoms with Gasteiger partial charge in [-0.1, -0.05) is 11.6 Å². The molecular formula is C20H22ClN5O2S. The fourth-order valence-electron chi connectivity index (χ4n) is 2.99. The molecule has 0 atom stereocenters. The summed E-state index contributed by atoms with van der Waals surface area (Å²) in [7, 11) is 3.95. The van der Waals surface area contributed by atoms with Crippen molar-refractivity contribution < 1.29 is 9.84 Å². The van der Waals surface area contributed by atoms with Gasteiger partial charge in [0.1, 0.15) is 6.61 Å². The van der Waals surface area contributed by atoms with Gasteiger partial charge in [-0.3, -0.25) is 0 Å². The van der Waals surface area contributed by atoms with E-state index < -0.39 is 0 Å². The van der Waals surface area contributed by atoms with Crippen molar-refractivity contribution >= 4 is 29.1 Å². The van der Waals surface area contributed by atoms with Gasteiger partial charge in [0.2, 0.25) is 5.88 Å². The molecule has 1 saturated heterocycles. The highest BCUT2D eigenvalue weighted by Gasteiger charge is 2.27. The second-order valence-corrected chi connectivity index (χ2v) is 8.39. The molecule has 0 spiro atoms. The lowest BCUT2D eigenvalue weighted by Crippen LogP contribution is -2.24. The van der Waals surface area contributed by atoms with Crippen LogP contribution < -0.4 is 9.64 Å². The number of anilines is 1. The predicted molar refractivity (Wildman–Crippen MR) is 117 cm³/mol. The number of hydrogen-bond acceptors (Lipinski definition) is 7. The first-order valence-electron chi connectivity index (χ1n) is 9.28. The molecule has 7 nitrogen and oxygen atoms in total. The predicted octanol–water partition coefficient (Wildman–Crippen LogP) is 3.39. The van der Waals surface area contributed by atoms with Gasteiger partial charge >= 0.3 is 0 Å². The maximum absolute atomic E-state index is 8.98. The van der Waals surface area contributed by atoms with Gasteiger partial charge < -0.3 is 14.7 Å². The van der Waals surface area contributed by atoms with Crippen LogP contribution in [0.4, 0.5) is 5.69 Å². The molecule has 3 heterocycles. The van der Waals surface area contributed by atoms with Gasteiger partial charge in [0.15, 0.2) is 11.6 Å². The van der Waals surface area contributed by atoms with Gasteiger partial charge in [-0.25, -0.2) is 14.6 Å². The first-order valence-corrected chi connectivity index (χ1v) is 10.8. The van der Waals surface area contributed by atoms with Gasteiger partial charge in [-0.15, -0.1) is 0 Å². The van der Waals surface area contributed by atoms with Gasteiger partial charge in [0.05, 0.1) is 17.7 Å². The smallest absolute Gasteiger partial charge is 0.213 e. The quantitative estimate of drug-likeness (QED) is 0.614. The molecule has 0 radical (unpaired) electrons. The molecule has 152 valence electrons. The highest BCUT2D eigenvalue weighted by atomic mass is 35.5. The third-order valence-corrected chi connectivity index (χ3v) is 6.20. The second-order valence-electron chi connectivity index (χ2n) is 6.91. The molecule has 0 unspecified atom stereocenters. The van der Waals surface area contributed by atoms with E-state index >= 15 is 0 Å². The van der Waals surface area contributed by atoms with Crippen LogP contribution in [0.2, 0.25) is 5.02 Å². The normalized spacial score (nSPS) is 13.9. The van der Waals surface area contributed by atoms with Crippen LogP contribution in [0.3, 0.4) is 0 Å². The largest absolute Gasteiger partial charge is 0.475 e. The summed E-state index contributed by atoms with van der Waals surface area (Å²) in [6.45, 7) is 0.133. The second kappa shape index (κ2) is 8.61. The van der Waals surface area contributed by atoms with Crippen molar-refractivity contribution in [1.29, 1.82) is 0 Å². The Morgan fingerprint density at radius 3 is 2.76 bits per heavy atom. The summed E-state index contributed by atoms with van der Waals surface area (Å²) in [6, 6.07) is 9.89. The minimum Gasteiger partial charge on any atom is -0.475 e. The van der Waals surface area contributed by atoms with Crippen LogP contribution in [0.1, 0.15) is 6.04 Å². The third kappa shape index (κ3) is 4.19. The van der Waals surface area contributed by atoms with Crippen LogP contribution in [-0.2, 0) is 0 Å². The summed E-state index contributed by atoms with van der Waals surface area (Å²) in [5.41, 5.74) is 2.69. The van der Waals surface area contributed by atoms with Gasteiger partial charge in [-0.05, 0) is 24.3 Å². The summed E-state index contributed by atoms with van der Waals surface area (Å²) < 4.78 is 7.44. The van der Waals surface area contributed by atoms with E-state index in [-0.39, 0.29) is 13.2 Å². The maximum Gasteiger partial charge on any atom is 0.213 e. The molecule has 0 bridgehead atoms. The average molecular weight is 432 g/mol. The summed E-state index contributed by atoms with van der Waals surface area (Å²) in [5.74, 6) is 3.81. The molecule has 1 aliphatic rings. The van der Waals surface area contributed by atoms with E-state index in [1.165, 1.54) is 0 Å². The Kier molecular flexibility index (Phi) is 5.94. The third-order valence-electron chi connectivity index (χ3n) is 4.64. The molecule has 0 saturated carbocycles. The zero-order valence-corrected chi connectivity index (χ0v) is 17.8. The Hall–Kier alpha value is -2.29. The highest BCUT2D eigenvalue weighted by Crippen LogP contribution is 2.36. The van der Waals surface area contributed by atoms with Gasteiger partial charge in [0.25, 0.3) is 0 Å². The van der Waals surface area contributed by atoms with E-state index in [2.05, 4.69) is 4.98 Å². The number of pyridine rings is 1. The van der Waals surface area contributed by atoms with Crippen LogP contribution in [0.15, 0.2) is 36.5 Å². The van der Waals surface area contributed by atoms with E-state index in [9.17, 15) is 0 Å². The minimum atomic E-state index is -0.0625. The summed E-state index contributed by atoms with van der Waals surface area (Å²) in [4.78, 5) is 11.0. The van der Waals surface area contributed by atoms with Crippen LogP contribution >= 0.6 is 23.4 Å². The van der Waals surface area contributed by atoms with Crippen LogP contribution in [0.5, 0.6) is 5.88 Å². The van der Waals surface area contributed by atoms with E-state index in [1.54, 1.807) is 6.20 Å². The van der Waals surface area contributed by atoms with E-state index in [1.807, 2.05) is 65.8 Å². The van der Waals surface area contributed by atoms with Crippen molar-refractivity contribution in [3.63, 3.8) is 0 Å².